The van der Waals surface area contributed by atoms with Gasteiger partial charge in [-0.2, -0.15) is 10.1 Å². The molecule has 132 valence electrons. The number of benzene rings is 2. The fourth-order valence-electron chi connectivity index (χ4n) is 2.15. The second-order valence-corrected chi connectivity index (χ2v) is 5.71. The largest absolute Gasteiger partial charge is 0.339 e. The van der Waals surface area contributed by atoms with E-state index >= 15 is 0 Å². The van der Waals surface area contributed by atoms with Crippen LogP contribution in [0.25, 0.3) is 0 Å². The predicted octanol–water partition coefficient (Wildman–Crippen LogP) is 4.11. The number of carbonyl (C=O) groups is 1. The van der Waals surface area contributed by atoms with Crippen molar-refractivity contribution in [2.75, 3.05) is 16.0 Å². The van der Waals surface area contributed by atoms with Gasteiger partial charge in [0.2, 0.25) is 11.9 Å². The molecule has 0 unspecified atom stereocenters. The van der Waals surface area contributed by atoms with Crippen LogP contribution in [0.1, 0.15) is 6.92 Å². The van der Waals surface area contributed by atoms with Crippen molar-refractivity contribution in [3.63, 3.8) is 0 Å². The molecule has 0 atom stereocenters. The van der Waals surface area contributed by atoms with Crippen LogP contribution in [0.2, 0.25) is 5.02 Å². The third kappa shape index (κ3) is 4.64. The van der Waals surface area contributed by atoms with E-state index in [1.165, 1.54) is 31.3 Å². The van der Waals surface area contributed by atoms with Gasteiger partial charge in [-0.1, -0.05) is 17.7 Å². The summed E-state index contributed by atoms with van der Waals surface area (Å²) in [7, 11) is 0. The molecule has 3 N–H and O–H groups in total. The van der Waals surface area contributed by atoms with Crippen LogP contribution >= 0.6 is 11.6 Å². The van der Waals surface area contributed by atoms with Gasteiger partial charge in [0.1, 0.15) is 5.82 Å². The SMILES string of the molecule is CC(=O)Nc1cccc(Nc2cnnc(Nc3ccc(F)c(Cl)c3)n2)c1. The van der Waals surface area contributed by atoms with Crippen LogP contribution in [-0.4, -0.2) is 21.1 Å². The van der Waals surface area contributed by atoms with E-state index in [1.807, 2.05) is 6.07 Å². The smallest absolute Gasteiger partial charge is 0.249 e. The summed E-state index contributed by atoms with van der Waals surface area (Å²) in [6, 6.07) is 11.3. The highest BCUT2D eigenvalue weighted by molar-refractivity contribution is 6.31. The Bertz CT molecular complexity index is 952. The van der Waals surface area contributed by atoms with Gasteiger partial charge < -0.3 is 16.0 Å². The average molecular weight is 373 g/mol. The molecule has 9 heteroatoms. The standard InChI is InChI=1S/C17H14ClFN6O/c1-10(26)21-11-3-2-4-12(7-11)22-16-9-20-25-17(24-16)23-13-5-6-15(19)14(18)8-13/h2-9H,1H3,(H,21,26)(H2,22,23,24,25). The van der Waals surface area contributed by atoms with Gasteiger partial charge in [0.25, 0.3) is 0 Å². The summed E-state index contributed by atoms with van der Waals surface area (Å²) < 4.78 is 13.2. The second kappa shape index (κ2) is 7.75. The number of anilines is 5. The highest BCUT2D eigenvalue weighted by atomic mass is 35.5. The van der Waals surface area contributed by atoms with Crippen molar-refractivity contribution in [1.29, 1.82) is 0 Å². The molecule has 2 aromatic carbocycles. The molecule has 0 aliphatic rings. The van der Waals surface area contributed by atoms with Crippen LogP contribution in [0.3, 0.4) is 0 Å². The van der Waals surface area contributed by atoms with Crippen molar-refractivity contribution in [1.82, 2.24) is 15.2 Å². The highest BCUT2D eigenvalue weighted by Crippen LogP contribution is 2.22. The lowest BCUT2D eigenvalue weighted by atomic mass is 10.2. The summed E-state index contributed by atoms with van der Waals surface area (Å²) in [5.41, 5.74) is 1.90. The third-order valence-corrected chi connectivity index (χ3v) is 3.48. The molecule has 0 bridgehead atoms. The van der Waals surface area contributed by atoms with E-state index in [9.17, 15) is 9.18 Å². The first-order valence-corrected chi connectivity index (χ1v) is 7.94. The summed E-state index contributed by atoms with van der Waals surface area (Å²) in [4.78, 5) is 15.4. The first-order chi connectivity index (χ1) is 12.5. The fraction of sp³-hybridized carbons (Fsp3) is 0.0588. The van der Waals surface area contributed by atoms with Gasteiger partial charge in [0, 0.05) is 24.0 Å². The molecule has 0 aliphatic carbocycles. The Kier molecular flexibility index (Phi) is 5.23. The van der Waals surface area contributed by atoms with Crippen molar-refractivity contribution in [2.24, 2.45) is 0 Å². The summed E-state index contributed by atoms with van der Waals surface area (Å²) >= 11 is 5.76. The van der Waals surface area contributed by atoms with E-state index in [1.54, 1.807) is 18.2 Å². The van der Waals surface area contributed by atoms with E-state index in [4.69, 9.17) is 11.6 Å². The summed E-state index contributed by atoms with van der Waals surface area (Å²) in [6.45, 7) is 1.44. The van der Waals surface area contributed by atoms with Gasteiger partial charge in [-0.3, -0.25) is 4.79 Å². The molecule has 0 aliphatic heterocycles. The molecule has 0 fully saturated rings. The Morgan fingerprint density at radius 3 is 2.62 bits per heavy atom. The van der Waals surface area contributed by atoms with E-state index in [2.05, 4.69) is 31.1 Å². The number of hydrogen-bond acceptors (Lipinski definition) is 6. The Balaban J connectivity index is 1.75. The van der Waals surface area contributed by atoms with Crippen LogP contribution in [-0.2, 0) is 4.79 Å². The van der Waals surface area contributed by atoms with Gasteiger partial charge >= 0.3 is 0 Å². The molecule has 0 radical (unpaired) electrons. The highest BCUT2D eigenvalue weighted by Gasteiger charge is 2.05. The molecule has 3 aromatic rings. The maximum Gasteiger partial charge on any atom is 0.249 e. The molecule has 0 saturated carbocycles. The number of halogens is 2. The minimum atomic E-state index is -0.509. The van der Waals surface area contributed by atoms with Gasteiger partial charge in [-0.25, -0.2) is 4.39 Å². The van der Waals surface area contributed by atoms with Crippen molar-refractivity contribution in [2.45, 2.75) is 6.92 Å². The van der Waals surface area contributed by atoms with Crippen LogP contribution in [0, 0.1) is 5.82 Å². The summed E-state index contributed by atoms with van der Waals surface area (Å²) in [5.74, 6) is -0.00704. The number of rotatable bonds is 5. The Morgan fingerprint density at radius 1 is 1.08 bits per heavy atom. The minimum absolute atomic E-state index is 0.00738. The zero-order valence-corrected chi connectivity index (χ0v) is 14.4. The molecule has 1 amide bonds. The summed E-state index contributed by atoms with van der Waals surface area (Å²) in [5, 5.41) is 16.4. The molecular formula is C17H14ClFN6O. The number of carbonyl (C=O) groups excluding carboxylic acids is 1. The van der Waals surface area contributed by atoms with Crippen molar-refractivity contribution in [3.8, 4) is 0 Å². The molecular weight excluding hydrogens is 359 g/mol. The molecule has 1 aromatic heterocycles. The maximum absolute atomic E-state index is 13.2. The normalized spacial score (nSPS) is 10.3. The Labute approximate surface area is 153 Å². The minimum Gasteiger partial charge on any atom is -0.339 e. The van der Waals surface area contributed by atoms with Crippen molar-refractivity contribution >= 4 is 46.3 Å². The van der Waals surface area contributed by atoms with E-state index in [0.29, 0.717) is 22.9 Å². The molecule has 3 rings (SSSR count). The number of nitrogens with zero attached hydrogens (tertiary/aromatic N) is 3. The van der Waals surface area contributed by atoms with Crippen LogP contribution in [0.15, 0.2) is 48.7 Å². The monoisotopic (exact) mass is 372 g/mol. The summed E-state index contributed by atoms with van der Waals surface area (Å²) in [6.07, 6.45) is 1.45. The first-order valence-electron chi connectivity index (χ1n) is 7.56. The quantitative estimate of drug-likeness (QED) is 0.624. The molecule has 7 nitrogen and oxygen atoms in total. The molecule has 1 heterocycles. The third-order valence-electron chi connectivity index (χ3n) is 3.19. The lowest BCUT2D eigenvalue weighted by molar-refractivity contribution is -0.114. The topological polar surface area (TPSA) is 91.8 Å². The predicted molar refractivity (Wildman–Crippen MR) is 98.5 cm³/mol. The van der Waals surface area contributed by atoms with E-state index in [-0.39, 0.29) is 16.9 Å². The van der Waals surface area contributed by atoms with Gasteiger partial charge in [-0.05, 0) is 36.4 Å². The van der Waals surface area contributed by atoms with Gasteiger partial charge in [0.15, 0.2) is 5.82 Å². The second-order valence-electron chi connectivity index (χ2n) is 5.31. The van der Waals surface area contributed by atoms with Crippen LogP contribution in [0.4, 0.5) is 33.2 Å². The van der Waals surface area contributed by atoms with E-state index in [0.717, 1.165) is 0 Å². The lowest BCUT2D eigenvalue weighted by Gasteiger charge is -2.09. The first kappa shape index (κ1) is 17.6. The fourth-order valence-corrected chi connectivity index (χ4v) is 2.33. The molecule has 0 spiro atoms. The van der Waals surface area contributed by atoms with Crippen molar-refractivity contribution in [3.05, 3.63) is 59.5 Å². The van der Waals surface area contributed by atoms with Gasteiger partial charge in [0.05, 0.1) is 11.2 Å². The van der Waals surface area contributed by atoms with Gasteiger partial charge in [-0.15, -0.1) is 5.10 Å². The van der Waals surface area contributed by atoms with Crippen molar-refractivity contribution < 1.29 is 9.18 Å². The number of hydrogen-bond donors (Lipinski definition) is 3. The average Bonchev–Trinajstić information content (AvgIpc) is 2.58. The Hall–Kier alpha value is -3.26. The molecule has 26 heavy (non-hydrogen) atoms. The lowest BCUT2D eigenvalue weighted by Crippen LogP contribution is -2.06. The number of aromatic nitrogens is 3. The number of nitrogens with one attached hydrogen (secondary N) is 3. The Morgan fingerprint density at radius 2 is 1.85 bits per heavy atom. The van der Waals surface area contributed by atoms with E-state index < -0.39 is 5.82 Å². The van der Waals surface area contributed by atoms with Crippen LogP contribution in [0.5, 0.6) is 0 Å². The zero-order valence-electron chi connectivity index (χ0n) is 13.6. The number of amides is 1. The van der Waals surface area contributed by atoms with Crippen LogP contribution < -0.4 is 16.0 Å². The molecule has 0 saturated heterocycles. The zero-order chi connectivity index (χ0) is 18.5. The maximum atomic E-state index is 13.2.